The minimum absolute atomic E-state index is 0.00343. The van der Waals surface area contributed by atoms with Crippen molar-refractivity contribution in [2.45, 2.75) is 6.42 Å². The summed E-state index contributed by atoms with van der Waals surface area (Å²) in [5.74, 6) is -0.271. The molecule has 1 rings (SSSR count). The van der Waals surface area contributed by atoms with E-state index in [0.717, 1.165) is 5.56 Å². The maximum atomic E-state index is 13.0. The molecular weight excluding hydrogens is 249 g/mol. The third kappa shape index (κ3) is 3.36. The Hall–Kier alpha value is -0.450. The zero-order chi connectivity index (χ0) is 10.6. The summed E-state index contributed by atoms with van der Waals surface area (Å²) in [5, 5.41) is 8.94. The van der Waals surface area contributed by atoms with E-state index in [1.54, 1.807) is 0 Å². The molecule has 0 aliphatic carbocycles. The van der Waals surface area contributed by atoms with Gasteiger partial charge in [-0.1, -0.05) is 15.9 Å². The Bertz CT molecular complexity index is 282. The second kappa shape index (κ2) is 5.44. The summed E-state index contributed by atoms with van der Waals surface area (Å²) in [7, 11) is 0. The molecule has 0 fully saturated rings. The molecule has 1 aromatic carbocycles. The van der Waals surface area contributed by atoms with Crippen LogP contribution in [0, 0.1) is 11.7 Å². The van der Waals surface area contributed by atoms with Crippen molar-refractivity contribution in [2.75, 3.05) is 13.2 Å². The van der Waals surface area contributed by atoms with E-state index in [1.807, 2.05) is 6.07 Å². The van der Waals surface area contributed by atoms with Crippen LogP contribution in [0.2, 0.25) is 0 Å². The molecule has 0 bridgehead atoms. The summed E-state index contributed by atoms with van der Waals surface area (Å²) in [4.78, 5) is 0. The fourth-order valence-corrected chi connectivity index (χ4v) is 1.80. The van der Waals surface area contributed by atoms with E-state index in [4.69, 9.17) is 10.8 Å². The van der Waals surface area contributed by atoms with Crippen LogP contribution in [0.25, 0.3) is 0 Å². The third-order valence-electron chi connectivity index (χ3n) is 2.04. The van der Waals surface area contributed by atoms with Gasteiger partial charge in [-0.3, -0.25) is 0 Å². The van der Waals surface area contributed by atoms with E-state index in [-0.39, 0.29) is 18.3 Å². The van der Waals surface area contributed by atoms with Crippen molar-refractivity contribution in [1.29, 1.82) is 0 Å². The van der Waals surface area contributed by atoms with E-state index in [1.165, 1.54) is 12.1 Å². The van der Waals surface area contributed by atoms with Gasteiger partial charge < -0.3 is 10.8 Å². The molecule has 78 valence electrons. The highest BCUT2D eigenvalue weighted by Crippen LogP contribution is 2.17. The van der Waals surface area contributed by atoms with Gasteiger partial charge in [-0.2, -0.15) is 0 Å². The molecule has 2 nitrogen and oxygen atoms in total. The highest BCUT2D eigenvalue weighted by Gasteiger charge is 2.07. The molecule has 0 aliphatic heterocycles. The van der Waals surface area contributed by atoms with E-state index in [0.29, 0.717) is 17.4 Å². The molecule has 14 heavy (non-hydrogen) atoms. The number of nitrogens with two attached hydrogens (primary N) is 1. The van der Waals surface area contributed by atoms with Gasteiger partial charge in [-0.25, -0.2) is 4.39 Å². The molecule has 0 spiro atoms. The Morgan fingerprint density at radius 3 is 2.64 bits per heavy atom. The van der Waals surface area contributed by atoms with Gasteiger partial charge in [0, 0.05) is 11.1 Å². The molecule has 0 radical (unpaired) electrons. The van der Waals surface area contributed by atoms with Gasteiger partial charge >= 0.3 is 0 Å². The van der Waals surface area contributed by atoms with Crippen LogP contribution < -0.4 is 5.73 Å². The largest absolute Gasteiger partial charge is 0.396 e. The topological polar surface area (TPSA) is 46.2 Å². The van der Waals surface area contributed by atoms with Crippen LogP contribution in [0.15, 0.2) is 22.7 Å². The molecule has 3 N–H and O–H groups in total. The number of hydrogen-bond acceptors (Lipinski definition) is 2. The lowest BCUT2D eigenvalue weighted by Crippen LogP contribution is -2.20. The molecule has 0 aromatic heterocycles. The predicted molar refractivity (Wildman–Crippen MR) is 57.4 cm³/mol. The van der Waals surface area contributed by atoms with Gasteiger partial charge in [-0.15, -0.1) is 0 Å². The average Bonchev–Trinajstić information content (AvgIpc) is 2.12. The normalized spacial score (nSPS) is 12.9. The number of hydrogen-bond donors (Lipinski definition) is 2. The molecular formula is C10H13BrFNO. The Morgan fingerprint density at radius 1 is 1.43 bits per heavy atom. The molecule has 1 atom stereocenters. The van der Waals surface area contributed by atoms with Gasteiger partial charge in [0.1, 0.15) is 5.82 Å². The van der Waals surface area contributed by atoms with Crippen molar-refractivity contribution in [3.8, 4) is 0 Å². The van der Waals surface area contributed by atoms with Crippen LogP contribution in [0.3, 0.4) is 0 Å². The first-order valence-corrected chi connectivity index (χ1v) is 5.21. The Labute approximate surface area is 91.1 Å². The Morgan fingerprint density at radius 2 is 2.14 bits per heavy atom. The summed E-state index contributed by atoms with van der Waals surface area (Å²) < 4.78 is 13.7. The maximum Gasteiger partial charge on any atom is 0.124 e. The van der Waals surface area contributed by atoms with Gasteiger partial charge in [0.15, 0.2) is 0 Å². The lowest BCUT2D eigenvalue weighted by atomic mass is 10.0. The molecule has 0 amide bonds. The summed E-state index contributed by atoms with van der Waals surface area (Å²) in [5.41, 5.74) is 6.29. The summed E-state index contributed by atoms with van der Waals surface area (Å²) in [6.45, 7) is 0.440. The van der Waals surface area contributed by atoms with Crippen molar-refractivity contribution in [2.24, 2.45) is 11.7 Å². The Kier molecular flexibility index (Phi) is 4.51. The number of aliphatic hydroxyl groups is 1. The van der Waals surface area contributed by atoms with E-state index >= 15 is 0 Å². The van der Waals surface area contributed by atoms with Crippen molar-refractivity contribution in [3.05, 3.63) is 34.1 Å². The fourth-order valence-electron chi connectivity index (χ4n) is 1.28. The lowest BCUT2D eigenvalue weighted by molar-refractivity contribution is 0.229. The summed E-state index contributed by atoms with van der Waals surface area (Å²) in [6, 6.07) is 4.70. The SMILES string of the molecule is NCC(CO)Cc1cc(F)cc(Br)c1. The van der Waals surface area contributed by atoms with Crippen LogP contribution in [-0.4, -0.2) is 18.3 Å². The molecule has 0 heterocycles. The monoisotopic (exact) mass is 261 g/mol. The molecule has 1 aromatic rings. The van der Waals surface area contributed by atoms with E-state index in [2.05, 4.69) is 15.9 Å². The van der Waals surface area contributed by atoms with E-state index < -0.39 is 0 Å². The molecule has 0 aliphatic rings. The number of halogens is 2. The number of rotatable bonds is 4. The predicted octanol–water partition coefficient (Wildman–Crippen LogP) is 1.70. The number of aliphatic hydroxyl groups excluding tert-OH is 1. The number of benzene rings is 1. The van der Waals surface area contributed by atoms with Crippen LogP contribution in [0.4, 0.5) is 4.39 Å². The highest BCUT2D eigenvalue weighted by atomic mass is 79.9. The molecule has 1 unspecified atom stereocenters. The van der Waals surface area contributed by atoms with Gasteiger partial charge in [0.25, 0.3) is 0 Å². The fraction of sp³-hybridized carbons (Fsp3) is 0.400. The second-order valence-electron chi connectivity index (χ2n) is 3.27. The van der Waals surface area contributed by atoms with Crippen molar-refractivity contribution in [1.82, 2.24) is 0 Å². The second-order valence-corrected chi connectivity index (χ2v) is 4.18. The summed E-state index contributed by atoms with van der Waals surface area (Å²) >= 11 is 3.21. The smallest absolute Gasteiger partial charge is 0.124 e. The van der Waals surface area contributed by atoms with E-state index in [9.17, 15) is 4.39 Å². The van der Waals surface area contributed by atoms with Crippen molar-refractivity contribution < 1.29 is 9.50 Å². The molecule has 0 saturated heterocycles. The van der Waals surface area contributed by atoms with Gasteiger partial charge in [-0.05, 0) is 42.6 Å². The first-order valence-electron chi connectivity index (χ1n) is 4.41. The van der Waals surface area contributed by atoms with Crippen LogP contribution in [-0.2, 0) is 6.42 Å². The van der Waals surface area contributed by atoms with Crippen LogP contribution in [0.1, 0.15) is 5.56 Å². The van der Waals surface area contributed by atoms with Crippen LogP contribution >= 0.6 is 15.9 Å². The molecule has 4 heteroatoms. The zero-order valence-corrected chi connectivity index (χ0v) is 9.30. The third-order valence-corrected chi connectivity index (χ3v) is 2.50. The van der Waals surface area contributed by atoms with Gasteiger partial charge in [0.05, 0.1) is 0 Å². The zero-order valence-electron chi connectivity index (χ0n) is 7.71. The first kappa shape index (κ1) is 11.6. The minimum atomic E-state index is -0.275. The minimum Gasteiger partial charge on any atom is -0.396 e. The highest BCUT2D eigenvalue weighted by molar-refractivity contribution is 9.10. The quantitative estimate of drug-likeness (QED) is 0.867. The maximum absolute atomic E-state index is 13.0. The van der Waals surface area contributed by atoms with Crippen molar-refractivity contribution >= 4 is 15.9 Å². The summed E-state index contributed by atoms with van der Waals surface area (Å²) in [6.07, 6.45) is 0.601. The van der Waals surface area contributed by atoms with Crippen molar-refractivity contribution in [3.63, 3.8) is 0 Å². The van der Waals surface area contributed by atoms with Crippen LogP contribution in [0.5, 0.6) is 0 Å². The van der Waals surface area contributed by atoms with Gasteiger partial charge in [0.2, 0.25) is 0 Å². The first-order chi connectivity index (χ1) is 6.65. The lowest BCUT2D eigenvalue weighted by Gasteiger charge is -2.11. The standard InChI is InChI=1S/C10H13BrFNO/c11-9-2-7(3-10(12)4-9)1-8(5-13)6-14/h2-4,8,14H,1,5-6,13H2. The Balaban J connectivity index is 2.75. The average molecular weight is 262 g/mol. The molecule has 0 saturated carbocycles.